The Hall–Kier alpha value is -3.62. The smallest absolute Gasteiger partial charge is 0.257 e. The van der Waals surface area contributed by atoms with Crippen LogP contribution in [-0.2, 0) is 9.84 Å². The van der Waals surface area contributed by atoms with Crippen LogP contribution in [0, 0.1) is 6.92 Å². The number of benzene rings is 3. The fourth-order valence-electron chi connectivity index (χ4n) is 3.93. The molecule has 4 aromatic rings. The molecular weight excluding hydrogens is 498 g/mol. The molecule has 0 aliphatic carbocycles. The number of carbonyl (C=O) groups excluding carboxylic acids is 1. The highest BCUT2D eigenvalue weighted by Gasteiger charge is 2.26. The second-order valence-corrected chi connectivity index (χ2v) is 11.1. The molecule has 1 atom stereocenters. The first kappa shape index (κ1) is 25.5. The summed E-state index contributed by atoms with van der Waals surface area (Å²) < 4.78 is 29.3. The topological polar surface area (TPSA) is 92.5 Å². The summed E-state index contributed by atoms with van der Waals surface area (Å²) in [6.07, 6.45) is 1.16. The lowest BCUT2D eigenvalue weighted by atomic mass is 9.97. The van der Waals surface area contributed by atoms with Crippen LogP contribution in [0.2, 0.25) is 5.02 Å². The predicted molar refractivity (Wildman–Crippen MR) is 141 cm³/mol. The number of rotatable bonds is 7. The number of sulfone groups is 1. The minimum absolute atomic E-state index is 0.203. The zero-order valence-electron chi connectivity index (χ0n) is 20.3. The molecule has 0 aliphatic heterocycles. The Balaban J connectivity index is 1.78. The molecule has 3 aromatic carbocycles. The molecular formula is C27H26ClN3O4S. The molecule has 0 spiro atoms. The first-order chi connectivity index (χ1) is 17.1. The van der Waals surface area contributed by atoms with Crippen LogP contribution >= 0.6 is 11.6 Å². The van der Waals surface area contributed by atoms with Crippen molar-refractivity contribution in [2.75, 3.05) is 25.3 Å². The van der Waals surface area contributed by atoms with Gasteiger partial charge in [-0.3, -0.25) is 4.79 Å². The number of hydrogen-bond donors (Lipinski definition) is 1. The monoisotopic (exact) mass is 523 g/mol. The van der Waals surface area contributed by atoms with E-state index < -0.39 is 21.8 Å². The van der Waals surface area contributed by atoms with Crippen LogP contribution in [-0.4, -0.2) is 39.8 Å². The molecule has 0 radical (unpaired) electrons. The Morgan fingerprint density at radius 3 is 2.33 bits per heavy atom. The Morgan fingerprint density at radius 1 is 1.00 bits per heavy atom. The number of hydrogen-bond acceptors (Lipinski definition) is 6. The maximum Gasteiger partial charge on any atom is 0.257 e. The third-order valence-electron chi connectivity index (χ3n) is 5.86. The summed E-state index contributed by atoms with van der Waals surface area (Å²) in [4.78, 5) is 15.8. The number of amides is 1. The molecule has 4 rings (SSSR count). The van der Waals surface area contributed by atoms with E-state index in [1.165, 1.54) is 0 Å². The van der Waals surface area contributed by atoms with Gasteiger partial charge in [-0.15, -0.1) is 0 Å². The van der Waals surface area contributed by atoms with E-state index in [1.54, 1.807) is 49.4 Å². The van der Waals surface area contributed by atoms with Gasteiger partial charge in [-0.25, -0.2) is 8.42 Å². The van der Waals surface area contributed by atoms with E-state index in [9.17, 15) is 13.2 Å². The standard InChI is InChI=1S/C27H26ClN3O4S/c1-17-24(26(30-35-17)22-10-5-6-11-23(22)28)27(32)29-25(19-8-7-9-20(16-19)31(2)3)18-12-14-21(15-13-18)36(4,33)34/h5-16,25H,1-4H3,(H,29,32). The van der Waals surface area contributed by atoms with Gasteiger partial charge in [0.1, 0.15) is 17.0 Å². The van der Waals surface area contributed by atoms with E-state index in [4.69, 9.17) is 16.1 Å². The third-order valence-corrected chi connectivity index (χ3v) is 7.31. The van der Waals surface area contributed by atoms with Gasteiger partial charge in [-0.2, -0.15) is 0 Å². The lowest BCUT2D eigenvalue weighted by Gasteiger charge is -2.22. The van der Waals surface area contributed by atoms with Crippen molar-refractivity contribution in [3.8, 4) is 11.3 Å². The van der Waals surface area contributed by atoms with Gasteiger partial charge in [0.05, 0.1) is 16.0 Å². The van der Waals surface area contributed by atoms with Crippen molar-refractivity contribution >= 4 is 33.0 Å². The second-order valence-electron chi connectivity index (χ2n) is 8.68. The van der Waals surface area contributed by atoms with E-state index in [2.05, 4.69) is 10.5 Å². The van der Waals surface area contributed by atoms with Crippen molar-refractivity contribution in [1.82, 2.24) is 10.5 Å². The van der Waals surface area contributed by atoms with Crippen LogP contribution in [0.1, 0.15) is 33.3 Å². The van der Waals surface area contributed by atoms with E-state index >= 15 is 0 Å². The fraction of sp³-hybridized carbons (Fsp3) is 0.185. The number of aromatic nitrogens is 1. The predicted octanol–water partition coefficient (Wildman–Crippen LogP) is 5.29. The average Bonchev–Trinajstić information content (AvgIpc) is 3.23. The SMILES string of the molecule is Cc1onc(-c2ccccc2Cl)c1C(=O)NC(c1ccc(S(C)(=O)=O)cc1)c1cccc(N(C)C)c1. The minimum atomic E-state index is -3.36. The quantitative estimate of drug-likeness (QED) is 0.354. The molecule has 1 aromatic heterocycles. The maximum atomic E-state index is 13.7. The van der Waals surface area contributed by atoms with Crippen LogP contribution in [0.3, 0.4) is 0 Å². The largest absolute Gasteiger partial charge is 0.378 e. The fourth-order valence-corrected chi connectivity index (χ4v) is 4.78. The Kier molecular flexibility index (Phi) is 7.19. The molecule has 7 nitrogen and oxygen atoms in total. The van der Waals surface area contributed by atoms with Crippen molar-refractivity contribution < 1.29 is 17.7 Å². The van der Waals surface area contributed by atoms with Gasteiger partial charge >= 0.3 is 0 Å². The molecule has 0 bridgehead atoms. The van der Waals surface area contributed by atoms with Gasteiger partial charge in [0.25, 0.3) is 5.91 Å². The lowest BCUT2D eigenvalue weighted by Crippen LogP contribution is -2.30. The molecule has 1 N–H and O–H groups in total. The molecule has 0 aliphatic rings. The van der Waals surface area contributed by atoms with Crippen LogP contribution in [0.4, 0.5) is 5.69 Å². The number of aryl methyl sites for hydroxylation is 1. The number of carbonyl (C=O) groups is 1. The number of halogens is 1. The molecule has 1 heterocycles. The first-order valence-corrected chi connectivity index (χ1v) is 13.4. The van der Waals surface area contributed by atoms with Crippen LogP contribution < -0.4 is 10.2 Å². The van der Waals surface area contributed by atoms with Crippen LogP contribution in [0.25, 0.3) is 11.3 Å². The molecule has 36 heavy (non-hydrogen) atoms. The lowest BCUT2D eigenvalue weighted by molar-refractivity contribution is 0.0942. The molecule has 1 unspecified atom stereocenters. The highest BCUT2D eigenvalue weighted by molar-refractivity contribution is 7.90. The summed E-state index contributed by atoms with van der Waals surface area (Å²) in [5.74, 6) is -0.0354. The number of nitrogens with one attached hydrogen (secondary N) is 1. The zero-order valence-corrected chi connectivity index (χ0v) is 21.9. The van der Waals surface area contributed by atoms with E-state index in [1.807, 2.05) is 49.3 Å². The van der Waals surface area contributed by atoms with E-state index in [-0.39, 0.29) is 10.5 Å². The zero-order chi connectivity index (χ0) is 26.0. The van der Waals surface area contributed by atoms with E-state index in [0.717, 1.165) is 23.1 Å². The summed E-state index contributed by atoms with van der Waals surface area (Å²) in [7, 11) is 0.509. The van der Waals surface area contributed by atoms with Crippen molar-refractivity contribution in [3.63, 3.8) is 0 Å². The van der Waals surface area contributed by atoms with Gasteiger partial charge in [-0.1, -0.05) is 59.2 Å². The van der Waals surface area contributed by atoms with Crippen LogP contribution in [0.5, 0.6) is 0 Å². The summed E-state index contributed by atoms with van der Waals surface area (Å²) >= 11 is 6.37. The van der Waals surface area contributed by atoms with Gasteiger partial charge in [-0.05, 0) is 48.4 Å². The maximum absolute atomic E-state index is 13.7. The molecule has 0 saturated carbocycles. The van der Waals surface area contributed by atoms with Gasteiger partial charge in [0, 0.05) is 31.6 Å². The highest BCUT2D eigenvalue weighted by Crippen LogP contribution is 2.32. The molecule has 0 fully saturated rings. The summed E-state index contributed by atoms with van der Waals surface area (Å²) in [5, 5.41) is 7.65. The minimum Gasteiger partial charge on any atom is -0.378 e. The van der Waals surface area contributed by atoms with Crippen molar-refractivity contribution in [1.29, 1.82) is 0 Å². The highest BCUT2D eigenvalue weighted by atomic mass is 35.5. The Bertz CT molecular complexity index is 1510. The molecule has 0 saturated heterocycles. The van der Waals surface area contributed by atoms with Crippen molar-refractivity contribution in [2.45, 2.75) is 17.9 Å². The normalized spacial score (nSPS) is 12.2. The number of anilines is 1. The third kappa shape index (κ3) is 5.29. The summed E-state index contributed by atoms with van der Waals surface area (Å²) in [5.41, 5.74) is 3.73. The summed E-state index contributed by atoms with van der Waals surface area (Å²) in [6, 6.07) is 20.8. The number of nitrogens with zero attached hydrogens (tertiary/aromatic N) is 2. The second kappa shape index (κ2) is 10.2. The van der Waals surface area contributed by atoms with Gasteiger partial charge < -0.3 is 14.7 Å². The van der Waals surface area contributed by atoms with Gasteiger partial charge in [0.2, 0.25) is 0 Å². The molecule has 1 amide bonds. The Morgan fingerprint density at radius 2 is 1.69 bits per heavy atom. The summed E-state index contributed by atoms with van der Waals surface area (Å²) in [6.45, 7) is 1.67. The molecule has 186 valence electrons. The Labute approximate surface area is 215 Å². The van der Waals surface area contributed by atoms with Crippen LogP contribution in [0.15, 0.2) is 82.2 Å². The van der Waals surface area contributed by atoms with E-state index in [0.29, 0.717) is 22.0 Å². The first-order valence-electron chi connectivity index (χ1n) is 11.2. The average molecular weight is 524 g/mol. The van der Waals surface area contributed by atoms with Crippen molar-refractivity contribution in [2.24, 2.45) is 0 Å². The van der Waals surface area contributed by atoms with Gasteiger partial charge in [0.15, 0.2) is 9.84 Å². The van der Waals surface area contributed by atoms with Crippen molar-refractivity contribution in [3.05, 3.63) is 100 Å². The molecule has 9 heteroatoms.